The molecule has 106 valence electrons. The van der Waals surface area contributed by atoms with Crippen molar-refractivity contribution < 1.29 is 13.8 Å². The molecule has 0 amide bonds. The average molecular weight is 312 g/mol. The minimum atomic E-state index is -2.39. The van der Waals surface area contributed by atoms with Gasteiger partial charge in [0.1, 0.15) is 0 Å². The molecule has 0 aliphatic rings. The highest BCUT2D eigenvalue weighted by Gasteiger charge is 2.39. The number of carbonyl (C=O) groups excluding carboxylic acids is 2. The third-order valence-electron chi connectivity index (χ3n) is 2.40. The van der Waals surface area contributed by atoms with Crippen molar-refractivity contribution in [1.29, 1.82) is 0 Å². The van der Waals surface area contributed by atoms with Crippen LogP contribution in [-0.4, -0.2) is 36.0 Å². The maximum Gasteiger partial charge on any atom is 0.244 e. The largest absolute Gasteiger partial charge is 0.320 e. The van der Waals surface area contributed by atoms with Crippen molar-refractivity contribution in [1.82, 2.24) is 0 Å². The number of rotatable bonds is 4. The van der Waals surface area contributed by atoms with Crippen LogP contribution < -0.4 is 11.5 Å². The topological polar surface area (TPSA) is 103 Å². The molecule has 0 aromatic heterocycles. The second-order valence-electron chi connectivity index (χ2n) is 5.17. The summed E-state index contributed by atoms with van der Waals surface area (Å²) in [5.74, 6) is 0. The summed E-state index contributed by atoms with van der Waals surface area (Å²) in [5, 5.41) is -1.74. The SMILES string of the molecule is CC(C)(S)[C@H](N)C(=O)S(=O)C(=O)[C@@H](N)C(C)(C)S. The minimum absolute atomic E-state index is 0.867. The number of hydrogen-bond donors (Lipinski definition) is 4. The molecule has 18 heavy (non-hydrogen) atoms. The molecule has 2 atom stereocenters. The molecule has 0 aliphatic heterocycles. The molecule has 0 aromatic rings. The summed E-state index contributed by atoms with van der Waals surface area (Å²) in [7, 11) is -2.39. The van der Waals surface area contributed by atoms with Crippen LogP contribution in [0.3, 0.4) is 0 Å². The summed E-state index contributed by atoms with van der Waals surface area (Å²) in [6.07, 6.45) is 0. The van der Waals surface area contributed by atoms with Crippen molar-refractivity contribution in [2.24, 2.45) is 11.5 Å². The zero-order valence-corrected chi connectivity index (χ0v) is 13.4. The Morgan fingerprint density at radius 2 is 1.17 bits per heavy atom. The molecule has 0 rings (SSSR count). The summed E-state index contributed by atoms with van der Waals surface area (Å²) in [5.41, 5.74) is 11.2. The lowest BCUT2D eigenvalue weighted by molar-refractivity contribution is -0.115. The molecule has 0 aliphatic carbocycles. The number of hydrogen-bond acceptors (Lipinski definition) is 7. The van der Waals surface area contributed by atoms with E-state index >= 15 is 0 Å². The first-order chi connectivity index (χ1) is 7.80. The average Bonchev–Trinajstić information content (AvgIpc) is 2.21. The van der Waals surface area contributed by atoms with E-state index in [-0.39, 0.29) is 0 Å². The molecule has 0 bridgehead atoms. The lowest BCUT2D eigenvalue weighted by Gasteiger charge is -2.26. The van der Waals surface area contributed by atoms with E-state index in [1.807, 2.05) is 0 Å². The lowest BCUT2D eigenvalue weighted by atomic mass is 10.1. The molecule has 8 heteroatoms. The van der Waals surface area contributed by atoms with Gasteiger partial charge < -0.3 is 11.5 Å². The molecule has 0 saturated carbocycles. The predicted molar refractivity (Wildman–Crippen MR) is 80.2 cm³/mol. The Labute approximate surface area is 121 Å². The van der Waals surface area contributed by atoms with Crippen molar-refractivity contribution >= 4 is 46.3 Å². The fourth-order valence-corrected chi connectivity index (χ4v) is 2.56. The first-order valence-corrected chi connectivity index (χ1v) is 7.30. The van der Waals surface area contributed by atoms with Crippen LogP contribution in [0, 0.1) is 0 Å². The summed E-state index contributed by atoms with van der Waals surface area (Å²) in [6, 6.07) is -2.22. The second kappa shape index (κ2) is 6.04. The first-order valence-electron chi connectivity index (χ1n) is 5.25. The fourth-order valence-electron chi connectivity index (χ4n) is 0.907. The van der Waals surface area contributed by atoms with Crippen molar-refractivity contribution in [2.45, 2.75) is 49.3 Å². The van der Waals surface area contributed by atoms with Crippen LogP contribution in [0.1, 0.15) is 27.7 Å². The molecule has 4 N–H and O–H groups in total. The molecule has 0 radical (unpaired) electrons. The highest BCUT2D eigenvalue weighted by atomic mass is 32.2. The molecular formula is C10H20N2O3S3. The zero-order chi connectivity index (χ0) is 14.9. The lowest BCUT2D eigenvalue weighted by Crippen LogP contribution is -2.52. The third kappa shape index (κ3) is 4.65. The molecule has 5 nitrogen and oxygen atoms in total. The van der Waals surface area contributed by atoms with Gasteiger partial charge >= 0.3 is 0 Å². The number of thiol groups is 2. The summed E-state index contributed by atoms with van der Waals surface area (Å²) in [6.45, 7) is 6.40. The Morgan fingerprint density at radius 1 is 0.944 bits per heavy atom. The van der Waals surface area contributed by atoms with Crippen molar-refractivity contribution in [3.63, 3.8) is 0 Å². The van der Waals surface area contributed by atoms with E-state index in [0.29, 0.717) is 0 Å². The number of carbonyl (C=O) groups is 2. The monoisotopic (exact) mass is 312 g/mol. The van der Waals surface area contributed by atoms with Crippen LogP contribution in [0.15, 0.2) is 0 Å². The molecule has 0 heterocycles. The quantitative estimate of drug-likeness (QED) is 0.541. The molecular weight excluding hydrogens is 292 g/mol. The van der Waals surface area contributed by atoms with Gasteiger partial charge in [0.25, 0.3) is 0 Å². The number of nitrogens with two attached hydrogens (primary N) is 2. The van der Waals surface area contributed by atoms with Gasteiger partial charge in [0, 0.05) is 9.49 Å². The van der Waals surface area contributed by atoms with Crippen molar-refractivity contribution in [3.05, 3.63) is 0 Å². The van der Waals surface area contributed by atoms with Gasteiger partial charge in [-0.3, -0.25) is 9.59 Å². The van der Waals surface area contributed by atoms with Crippen LogP contribution in [-0.2, 0) is 20.4 Å². The Kier molecular flexibility index (Phi) is 6.08. The van der Waals surface area contributed by atoms with E-state index in [2.05, 4.69) is 25.3 Å². The van der Waals surface area contributed by atoms with Crippen LogP contribution in [0.25, 0.3) is 0 Å². The van der Waals surface area contributed by atoms with Gasteiger partial charge in [-0.2, -0.15) is 25.3 Å². The van der Waals surface area contributed by atoms with E-state index in [0.717, 1.165) is 0 Å². The molecule has 0 fully saturated rings. The molecule has 0 unspecified atom stereocenters. The first kappa shape index (κ1) is 18.1. The maximum absolute atomic E-state index is 11.8. The minimum Gasteiger partial charge on any atom is -0.320 e. The van der Waals surface area contributed by atoms with Crippen LogP contribution in [0.5, 0.6) is 0 Å². The summed E-state index contributed by atoms with van der Waals surface area (Å²) in [4.78, 5) is 23.6. The van der Waals surface area contributed by atoms with Gasteiger partial charge in [0.2, 0.25) is 10.2 Å². The van der Waals surface area contributed by atoms with Gasteiger partial charge in [0.15, 0.2) is 10.8 Å². The smallest absolute Gasteiger partial charge is 0.244 e. The Bertz CT molecular complexity index is 338. The van der Waals surface area contributed by atoms with E-state index in [1.165, 1.54) is 0 Å². The van der Waals surface area contributed by atoms with Crippen molar-refractivity contribution in [2.75, 3.05) is 0 Å². The third-order valence-corrected chi connectivity index (χ3v) is 4.19. The Balaban J connectivity index is 4.99. The van der Waals surface area contributed by atoms with Gasteiger partial charge in [-0.25, -0.2) is 4.21 Å². The summed E-state index contributed by atoms with van der Waals surface area (Å²) >= 11 is 8.25. The molecule has 0 spiro atoms. The van der Waals surface area contributed by atoms with Gasteiger partial charge in [-0.05, 0) is 27.7 Å². The highest BCUT2D eigenvalue weighted by Crippen LogP contribution is 2.20. The summed E-state index contributed by atoms with van der Waals surface area (Å²) < 4.78 is 10.1. The standard InChI is InChI=1S/C10H20N2O3S3/c1-9(2,16)5(11)7(13)18(15)8(14)6(12)10(3,4)17/h5-6,16-17H,11-12H2,1-4H3/t5-,6-/m1/s1. The second-order valence-corrected chi connectivity index (χ2v) is 8.82. The van der Waals surface area contributed by atoms with Crippen LogP contribution in [0.2, 0.25) is 0 Å². The highest BCUT2D eigenvalue weighted by molar-refractivity contribution is 8.13. The van der Waals surface area contributed by atoms with Gasteiger partial charge in [-0.1, -0.05) is 0 Å². The maximum atomic E-state index is 11.8. The molecule has 0 aromatic carbocycles. The van der Waals surface area contributed by atoms with Crippen LogP contribution >= 0.6 is 25.3 Å². The van der Waals surface area contributed by atoms with Gasteiger partial charge in [-0.15, -0.1) is 0 Å². The van der Waals surface area contributed by atoms with Crippen LogP contribution in [0.4, 0.5) is 0 Å². The van der Waals surface area contributed by atoms with Gasteiger partial charge in [0.05, 0.1) is 12.1 Å². The normalized spacial score (nSPS) is 16.5. The Morgan fingerprint density at radius 3 is 1.33 bits per heavy atom. The van der Waals surface area contributed by atoms with E-state index in [1.54, 1.807) is 27.7 Å². The predicted octanol–water partition coefficient (Wildman–Crippen LogP) is -0.140. The van der Waals surface area contributed by atoms with E-state index < -0.39 is 42.6 Å². The molecule has 0 saturated heterocycles. The van der Waals surface area contributed by atoms with E-state index in [4.69, 9.17) is 11.5 Å². The zero-order valence-electron chi connectivity index (χ0n) is 10.8. The van der Waals surface area contributed by atoms with Crippen molar-refractivity contribution in [3.8, 4) is 0 Å². The van der Waals surface area contributed by atoms with E-state index in [9.17, 15) is 13.8 Å². The Hall–Kier alpha value is 0.110. The fraction of sp³-hybridized carbons (Fsp3) is 0.800.